The van der Waals surface area contributed by atoms with Crippen LogP contribution in [0.1, 0.15) is 90.9 Å². The Hall–Kier alpha value is -3.17. The van der Waals surface area contributed by atoms with Gasteiger partial charge in [-0.3, -0.25) is 24.0 Å². The quantitative estimate of drug-likeness (QED) is 0.0298. The van der Waals surface area contributed by atoms with E-state index in [0.29, 0.717) is 45.1 Å². The molecule has 74 heavy (non-hydrogen) atoms. The van der Waals surface area contributed by atoms with Crippen LogP contribution in [0.4, 0.5) is 0 Å². The number of ether oxygens (including phenoxy) is 6. The Bertz CT molecular complexity index is 1690. The molecule has 428 valence electrons. The van der Waals surface area contributed by atoms with Gasteiger partial charge in [0.15, 0.2) is 24.7 Å². The predicted octanol–water partition coefficient (Wildman–Crippen LogP) is -6.05. The number of ketones is 1. The topological polar surface area (TPSA) is 420 Å². The summed E-state index contributed by atoms with van der Waals surface area (Å²) in [5.74, 6) is -1.50. The first kappa shape index (κ1) is 63.4. The fourth-order valence-corrected chi connectivity index (χ4v) is 9.38. The highest BCUT2D eigenvalue weighted by Gasteiger charge is 2.46. The van der Waals surface area contributed by atoms with Crippen molar-refractivity contribution in [1.82, 2.24) is 20.4 Å². The van der Waals surface area contributed by atoms with Crippen molar-refractivity contribution < 1.29 is 109 Å². The van der Waals surface area contributed by atoms with Gasteiger partial charge in [0.25, 0.3) is 0 Å². The zero-order valence-electron chi connectivity index (χ0n) is 42.4. The van der Waals surface area contributed by atoms with Gasteiger partial charge in [-0.05, 0) is 77.2 Å². The second-order valence-corrected chi connectivity index (χ2v) is 19.7. The maximum Gasteiger partial charge on any atom is 0.222 e. The van der Waals surface area contributed by atoms with Gasteiger partial charge >= 0.3 is 0 Å². The second-order valence-electron chi connectivity index (χ2n) is 19.7. The van der Waals surface area contributed by atoms with Crippen LogP contribution in [0.25, 0.3) is 0 Å². The van der Waals surface area contributed by atoms with Gasteiger partial charge in [-0.25, -0.2) is 0 Å². The van der Waals surface area contributed by atoms with Crippen LogP contribution in [0, 0.1) is 5.41 Å². The van der Waals surface area contributed by atoms with Crippen LogP contribution < -0.4 is 16.4 Å². The molecule has 0 spiro atoms. The molecule has 4 saturated heterocycles. The highest BCUT2D eigenvalue weighted by Crippen LogP contribution is 2.40. The van der Waals surface area contributed by atoms with E-state index in [1.165, 1.54) is 18.7 Å². The van der Waals surface area contributed by atoms with E-state index in [9.17, 15) is 80.1 Å². The minimum Gasteiger partial charge on any atom is -0.394 e. The molecule has 0 radical (unpaired) electrons. The molecule has 0 aliphatic carbocycles. The Balaban J connectivity index is 1.41. The third kappa shape index (κ3) is 18.5. The Morgan fingerprint density at radius 3 is 1.70 bits per heavy atom. The number of likely N-dealkylation sites (tertiary alicyclic amines) is 1. The van der Waals surface area contributed by atoms with Crippen molar-refractivity contribution in [3.8, 4) is 0 Å². The van der Waals surface area contributed by atoms with Gasteiger partial charge in [-0.15, -0.1) is 0 Å². The van der Waals surface area contributed by atoms with Gasteiger partial charge in [-0.1, -0.05) is 0 Å². The molecule has 4 amide bonds. The first-order valence-electron chi connectivity index (χ1n) is 25.6. The molecule has 0 aromatic heterocycles. The van der Waals surface area contributed by atoms with Gasteiger partial charge in [-0.2, -0.15) is 0 Å². The van der Waals surface area contributed by atoms with Crippen LogP contribution in [0.3, 0.4) is 0 Å². The molecule has 0 bridgehead atoms. The second kappa shape index (κ2) is 31.3. The third-order valence-electron chi connectivity index (χ3n) is 14.2. The molecule has 4 heterocycles. The zero-order valence-corrected chi connectivity index (χ0v) is 42.4. The van der Waals surface area contributed by atoms with Crippen molar-refractivity contribution in [2.24, 2.45) is 11.1 Å². The number of hydrogen-bond acceptors (Lipinski definition) is 23. The van der Waals surface area contributed by atoms with Crippen LogP contribution in [0.2, 0.25) is 0 Å². The normalized spacial score (nSPS) is 32.6. The molecule has 27 heteroatoms. The molecule has 4 aliphatic heterocycles. The molecule has 4 fully saturated rings. The smallest absolute Gasteiger partial charge is 0.222 e. The molecule has 4 rings (SSSR count). The maximum atomic E-state index is 14.2. The Morgan fingerprint density at radius 2 is 1.18 bits per heavy atom. The van der Waals surface area contributed by atoms with Crippen LogP contribution in [0.15, 0.2) is 0 Å². The standard InChI is InChI=1S/C47H83N5O22/c1-26(55)28(7-5-6-14-48)50-31(56)8-3-4-9-33(58)51-16-12-47(13-17-51,23-32(57)49-15-20-69-44-41(66)38(63)35(60)27(2)72-44)11-10-34(59)52(18-21-70-45-42(67)39(64)36(61)29(24-53)73-45)19-22-71-46-43(68)40(65)37(62)30(25-54)74-46/h27-30,35-46,53-54,60-68H,3-25,48H2,1-2H3,(H,49,57)(H,50,56)/t27-,28-,29+,30+,35+,36+,37+,38+,39-,40-,41-,42-,43-,44+,45-,46-/m0/s1. The largest absolute Gasteiger partial charge is 0.394 e. The SMILES string of the molecule is CC(=O)[C@H](CCCCN)NC(=O)CCCCC(=O)N1CCC(CCC(=O)N(CCO[C@H]2O[C@H](CO)[C@@H](O)[C@H](O)[C@@H]2O)CCO[C@H]2O[C@H](CO)[C@@H](O)[C@H](O)[C@@H]2O)(CC(=O)NCCO[C@@H]2O[C@@H](C)[C@@H](O)[C@@H](O)[C@@H]2O)CC1. The number of amides is 4. The number of aliphatic hydroxyl groups excluding tert-OH is 11. The number of carbonyl (C=O) groups is 5. The van der Waals surface area contributed by atoms with E-state index in [1.54, 1.807) is 4.90 Å². The minimum absolute atomic E-state index is 0.0452. The number of unbranched alkanes of at least 4 members (excludes halogenated alkanes) is 2. The Kier molecular flexibility index (Phi) is 26.8. The van der Waals surface area contributed by atoms with Gasteiger partial charge < -0.3 is 111 Å². The van der Waals surface area contributed by atoms with Gasteiger partial charge in [0, 0.05) is 58.4 Å². The van der Waals surface area contributed by atoms with E-state index in [2.05, 4.69) is 10.6 Å². The summed E-state index contributed by atoms with van der Waals surface area (Å²) in [7, 11) is 0. The summed E-state index contributed by atoms with van der Waals surface area (Å²) in [6.07, 6.45) is -18.8. The Labute approximate surface area is 430 Å². The average molecular weight is 1070 g/mol. The van der Waals surface area contributed by atoms with Gasteiger partial charge in [0.2, 0.25) is 23.6 Å². The van der Waals surface area contributed by atoms with Crippen LogP contribution >= 0.6 is 0 Å². The summed E-state index contributed by atoms with van der Waals surface area (Å²) in [6, 6.07) is -0.601. The number of carbonyl (C=O) groups excluding carboxylic acids is 5. The van der Waals surface area contributed by atoms with E-state index in [1.807, 2.05) is 0 Å². The van der Waals surface area contributed by atoms with Crippen molar-refractivity contribution in [3.63, 3.8) is 0 Å². The number of rotatable bonds is 30. The highest BCUT2D eigenvalue weighted by molar-refractivity contribution is 5.87. The lowest BCUT2D eigenvalue weighted by molar-refractivity contribution is -0.303. The third-order valence-corrected chi connectivity index (χ3v) is 14.2. The van der Waals surface area contributed by atoms with Crippen molar-refractivity contribution in [2.45, 2.75) is 189 Å². The molecule has 0 aromatic rings. The molecule has 27 nitrogen and oxygen atoms in total. The van der Waals surface area contributed by atoms with Crippen LogP contribution in [-0.2, 0) is 52.4 Å². The lowest BCUT2D eigenvalue weighted by atomic mass is 9.72. The first-order chi connectivity index (χ1) is 35.2. The van der Waals surface area contributed by atoms with Crippen molar-refractivity contribution >= 4 is 29.4 Å². The number of nitrogens with two attached hydrogens (primary N) is 1. The Morgan fingerprint density at radius 1 is 0.662 bits per heavy atom. The van der Waals surface area contributed by atoms with Gasteiger partial charge in [0.1, 0.15) is 67.1 Å². The summed E-state index contributed by atoms with van der Waals surface area (Å²) < 4.78 is 33.2. The van der Waals surface area contributed by atoms with E-state index in [0.717, 1.165) is 6.42 Å². The maximum absolute atomic E-state index is 14.2. The minimum atomic E-state index is -1.73. The van der Waals surface area contributed by atoms with E-state index in [4.69, 9.17) is 34.2 Å². The van der Waals surface area contributed by atoms with E-state index in [-0.39, 0.29) is 102 Å². The van der Waals surface area contributed by atoms with Crippen LogP contribution in [0.5, 0.6) is 0 Å². The zero-order chi connectivity index (χ0) is 54.7. The summed E-state index contributed by atoms with van der Waals surface area (Å²) in [5.41, 5.74) is 4.72. The molecule has 0 saturated carbocycles. The highest BCUT2D eigenvalue weighted by atomic mass is 16.7. The summed E-state index contributed by atoms with van der Waals surface area (Å²) in [5, 5.41) is 117. The molecule has 4 aliphatic rings. The van der Waals surface area contributed by atoms with Crippen molar-refractivity contribution in [3.05, 3.63) is 0 Å². The number of piperidine rings is 1. The number of nitrogens with one attached hydrogen (secondary N) is 2. The number of hydrogen-bond donors (Lipinski definition) is 14. The molecular formula is C47H83N5O22. The molecule has 0 unspecified atom stereocenters. The summed E-state index contributed by atoms with van der Waals surface area (Å²) >= 11 is 0. The van der Waals surface area contributed by atoms with Crippen molar-refractivity contribution in [2.75, 3.05) is 72.3 Å². The van der Waals surface area contributed by atoms with Crippen molar-refractivity contribution in [1.29, 1.82) is 0 Å². The lowest BCUT2D eigenvalue weighted by Crippen LogP contribution is -2.59. The molecular weight excluding hydrogens is 987 g/mol. The monoisotopic (exact) mass is 1070 g/mol. The lowest BCUT2D eigenvalue weighted by Gasteiger charge is -2.42. The molecule has 0 aromatic carbocycles. The summed E-state index contributed by atoms with van der Waals surface area (Å²) in [4.78, 5) is 68.9. The van der Waals surface area contributed by atoms with Gasteiger partial charge in [0.05, 0.1) is 45.2 Å². The first-order valence-corrected chi connectivity index (χ1v) is 25.6. The fraction of sp³-hybridized carbons (Fsp3) is 0.894. The van der Waals surface area contributed by atoms with Crippen LogP contribution in [-0.4, -0.2) is 266 Å². The number of aliphatic hydroxyl groups is 11. The average Bonchev–Trinajstić information content (AvgIpc) is 3.38. The number of nitrogens with zero attached hydrogens (tertiary/aromatic N) is 2. The predicted molar refractivity (Wildman–Crippen MR) is 253 cm³/mol. The van der Waals surface area contributed by atoms with E-state index >= 15 is 0 Å². The van der Waals surface area contributed by atoms with E-state index < -0.39 is 129 Å². The fourth-order valence-electron chi connectivity index (χ4n) is 9.38. The summed E-state index contributed by atoms with van der Waals surface area (Å²) in [6.45, 7) is 1.25. The molecule has 15 N–H and O–H groups in total. The number of Topliss-reactive ketones (excluding diaryl/α,β-unsaturated/α-hetero) is 1. The molecule has 16 atom stereocenters.